The van der Waals surface area contributed by atoms with Gasteiger partial charge in [-0.1, -0.05) is 6.92 Å². The minimum atomic E-state index is -3.39. The molecule has 5 nitrogen and oxygen atoms in total. The predicted octanol–water partition coefficient (Wildman–Crippen LogP) is 1.57. The number of likely N-dealkylation sites (N-methyl/N-ethyl adjacent to an activating group) is 1. The maximum absolute atomic E-state index is 12.6. The molecule has 2 heterocycles. The predicted molar refractivity (Wildman–Crippen MR) is 80.5 cm³/mol. The van der Waals surface area contributed by atoms with Crippen molar-refractivity contribution >= 4 is 21.6 Å². The molecule has 0 amide bonds. The van der Waals surface area contributed by atoms with Crippen LogP contribution in [-0.4, -0.2) is 55.4 Å². The van der Waals surface area contributed by atoms with Crippen LogP contribution in [0.3, 0.4) is 0 Å². The summed E-state index contributed by atoms with van der Waals surface area (Å²) in [5, 5.41) is 0. The Labute approximate surface area is 126 Å². The molecule has 1 fully saturated rings. The summed E-state index contributed by atoms with van der Waals surface area (Å²) in [6.07, 6.45) is 2.67. The van der Waals surface area contributed by atoms with Crippen molar-refractivity contribution in [3.8, 4) is 0 Å². The van der Waals surface area contributed by atoms with Crippen molar-refractivity contribution < 1.29 is 8.42 Å². The van der Waals surface area contributed by atoms with Crippen molar-refractivity contribution in [2.24, 2.45) is 0 Å². The van der Waals surface area contributed by atoms with Crippen LogP contribution >= 0.6 is 11.6 Å². The lowest BCUT2D eigenvalue weighted by atomic mass is 10.4. The fourth-order valence-electron chi connectivity index (χ4n) is 2.40. The van der Waals surface area contributed by atoms with Crippen molar-refractivity contribution in [2.75, 3.05) is 33.2 Å². The molecule has 0 atom stereocenters. The van der Waals surface area contributed by atoms with Gasteiger partial charge in [-0.05, 0) is 19.5 Å². The van der Waals surface area contributed by atoms with E-state index < -0.39 is 10.0 Å². The Morgan fingerprint density at radius 2 is 1.90 bits per heavy atom. The quantitative estimate of drug-likeness (QED) is 0.774. The highest BCUT2D eigenvalue weighted by Gasteiger charge is 2.28. The second-order valence-corrected chi connectivity index (χ2v) is 7.41. The van der Waals surface area contributed by atoms with Gasteiger partial charge in [0.25, 0.3) is 0 Å². The molecule has 20 heavy (non-hydrogen) atoms. The number of aromatic nitrogens is 1. The third kappa shape index (κ3) is 3.19. The van der Waals surface area contributed by atoms with Crippen LogP contribution in [0.5, 0.6) is 0 Å². The molecule has 0 N–H and O–H groups in total. The highest BCUT2D eigenvalue weighted by atomic mass is 35.5. The van der Waals surface area contributed by atoms with Gasteiger partial charge in [-0.25, -0.2) is 8.42 Å². The number of rotatable bonds is 5. The molecule has 0 spiro atoms. The average molecular weight is 320 g/mol. The molecule has 0 aromatic carbocycles. The summed E-state index contributed by atoms with van der Waals surface area (Å²) in [6, 6.07) is 1.70. The summed E-state index contributed by atoms with van der Waals surface area (Å²) in [4.78, 5) is 2.50. The highest BCUT2D eigenvalue weighted by molar-refractivity contribution is 7.89. The van der Waals surface area contributed by atoms with Gasteiger partial charge in [0.1, 0.15) is 4.90 Å². The molecule has 0 radical (unpaired) electrons. The molecule has 0 unspecified atom stereocenters. The third-order valence-electron chi connectivity index (χ3n) is 3.66. The lowest BCUT2D eigenvalue weighted by Gasteiger charge is -2.31. The number of nitrogens with zero attached hydrogens (tertiary/aromatic N) is 3. The molecule has 1 saturated heterocycles. The molecule has 1 aromatic heterocycles. The molecular formula is C13H22ClN3O2S. The maximum Gasteiger partial charge on any atom is 0.244 e. The minimum absolute atomic E-state index is 0.332. The summed E-state index contributed by atoms with van der Waals surface area (Å²) in [5.41, 5.74) is 0.862. The first-order chi connectivity index (χ1) is 9.48. The van der Waals surface area contributed by atoms with Crippen molar-refractivity contribution in [3.05, 3.63) is 18.0 Å². The Hall–Kier alpha value is -0.560. The summed E-state index contributed by atoms with van der Waals surface area (Å²) in [7, 11) is -1.38. The number of alkyl halides is 1. The molecule has 1 aliphatic rings. The Balaban J connectivity index is 2.25. The summed E-state index contributed by atoms with van der Waals surface area (Å²) in [6.45, 7) is 5.50. The van der Waals surface area contributed by atoms with Crippen LogP contribution in [-0.2, 0) is 22.4 Å². The van der Waals surface area contributed by atoms with Crippen LogP contribution in [0.25, 0.3) is 0 Å². The van der Waals surface area contributed by atoms with E-state index in [1.54, 1.807) is 16.6 Å². The van der Waals surface area contributed by atoms with Crippen molar-refractivity contribution in [2.45, 2.75) is 30.7 Å². The zero-order chi connectivity index (χ0) is 14.8. The molecule has 114 valence electrons. The zero-order valence-corrected chi connectivity index (χ0v) is 13.6. The Bertz CT molecular complexity index is 548. The van der Waals surface area contributed by atoms with E-state index >= 15 is 0 Å². The first kappa shape index (κ1) is 15.8. The van der Waals surface area contributed by atoms with Gasteiger partial charge >= 0.3 is 0 Å². The molecule has 0 bridgehead atoms. The van der Waals surface area contributed by atoms with Crippen LogP contribution in [0.2, 0.25) is 0 Å². The largest absolute Gasteiger partial charge is 0.349 e. The number of halogens is 1. The summed E-state index contributed by atoms with van der Waals surface area (Å²) in [5.74, 6) is 0.332. The molecule has 1 aliphatic heterocycles. The van der Waals surface area contributed by atoms with Gasteiger partial charge in [0, 0.05) is 44.6 Å². The van der Waals surface area contributed by atoms with E-state index in [1.165, 1.54) is 0 Å². The lowest BCUT2D eigenvalue weighted by Crippen LogP contribution is -2.46. The van der Waals surface area contributed by atoms with Crippen molar-refractivity contribution in [1.82, 2.24) is 13.8 Å². The molecule has 1 aromatic rings. The Morgan fingerprint density at radius 3 is 2.45 bits per heavy atom. The van der Waals surface area contributed by atoms with Crippen LogP contribution in [0.4, 0.5) is 0 Å². The zero-order valence-electron chi connectivity index (χ0n) is 12.0. The molecule has 7 heteroatoms. The number of hydrogen-bond donors (Lipinski definition) is 0. The number of hydrogen-bond acceptors (Lipinski definition) is 3. The SMILES string of the molecule is CCCn1cc(S(=O)(=O)N2CCN(C)CC2)cc1CCl. The maximum atomic E-state index is 12.6. The van der Waals surface area contributed by atoms with Gasteiger partial charge in [0.2, 0.25) is 10.0 Å². The fraction of sp³-hybridized carbons (Fsp3) is 0.692. The Kier molecular flexibility index (Phi) is 5.12. The van der Waals surface area contributed by atoms with E-state index in [1.807, 2.05) is 11.6 Å². The second-order valence-electron chi connectivity index (χ2n) is 5.20. The van der Waals surface area contributed by atoms with E-state index in [9.17, 15) is 8.42 Å². The normalized spacial score (nSPS) is 18.6. The van der Waals surface area contributed by atoms with E-state index in [2.05, 4.69) is 11.8 Å². The van der Waals surface area contributed by atoms with E-state index in [4.69, 9.17) is 11.6 Å². The second kappa shape index (κ2) is 6.47. The van der Waals surface area contributed by atoms with Crippen LogP contribution in [0.1, 0.15) is 19.0 Å². The Morgan fingerprint density at radius 1 is 1.25 bits per heavy atom. The van der Waals surface area contributed by atoms with Gasteiger partial charge in [-0.15, -0.1) is 11.6 Å². The van der Waals surface area contributed by atoms with Crippen molar-refractivity contribution in [1.29, 1.82) is 0 Å². The summed E-state index contributed by atoms with van der Waals surface area (Å²) < 4.78 is 28.8. The molecule has 0 aliphatic carbocycles. The first-order valence-corrected chi connectivity index (χ1v) is 8.90. The van der Waals surface area contributed by atoms with E-state index in [0.29, 0.717) is 23.9 Å². The fourth-order valence-corrected chi connectivity index (χ4v) is 4.12. The number of piperazine rings is 1. The molecular weight excluding hydrogens is 298 g/mol. The standard InChI is InChI=1S/C13H22ClN3O2S/c1-3-4-16-11-13(9-12(16)10-14)20(18,19)17-7-5-15(2)6-8-17/h9,11H,3-8,10H2,1-2H3. The van der Waals surface area contributed by atoms with Crippen LogP contribution in [0, 0.1) is 0 Å². The topological polar surface area (TPSA) is 45.6 Å². The summed E-state index contributed by atoms with van der Waals surface area (Å²) >= 11 is 5.90. The van der Waals surface area contributed by atoms with E-state index in [0.717, 1.165) is 31.7 Å². The number of sulfonamides is 1. The third-order valence-corrected chi connectivity index (χ3v) is 5.80. The van der Waals surface area contributed by atoms with Crippen molar-refractivity contribution in [3.63, 3.8) is 0 Å². The first-order valence-electron chi connectivity index (χ1n) is 6.92. The smallest absolute Gasteiger partial charge is 0.244 e. The van der Waals surface area contributed by atoms with Gasteiger partial charge in [0.15, 0.2) is 0 Å². The average Bonchev–Trinajstić information content (AvgIpc) is 2.83. The monoisotopic (exact) mass is 319 g/mol. The van der Waals surface area contributed by atoms with Gasteiger partial charge in [0.05, 0.1) is 5.88 Å². The molecule has 2 rings (SSSR count). The van der Waals surface area contributed by atoms with Gasteiger partial charge in [-0.2, -0.15) is 4.31 Å². The lowest BCUT2D eigenvalue weighted by molar-refractivity contribution is 0.222. The van der Waals surface area contributed by atoms with Gasteiger partial charge < -0.3 is 9.47 Å². The highest BCUT2D eigenvalue weighted by Crippen LogP contribution is 2.21. The van der Waals surface area contributed by atoms with Crippen LogP contribution < -0.4 is 0 Å². The van der Waals surface area contributed by atoms with Gasteiger partial charge in [-0.3, -0.25) is 0 Å². The minimum Gasteiger partial charge on any atom is -0.349 e. The number of aryl methyl sites for hydroxylation is 1. The van der Waals surface area contributed by atoms with Crippen LogP contribution in [0.15, 0.2) is 17.2 Å². The molecule has 0 saturated carbocycles. The van der Waals surface area contributed by atoms with E-state index in [-0.39, 0.29) is 0 Å².